The largest absolute Gasteiger partial charge is 0.480 e. The van der Waals surface area contributed by atoms with Gasteiger partial charge in [0.25, 0.3) is 0 Å². The molecule has 0 radical (unpaired) electrons. The highest BCUT2D eigenvalue weighted by Gasteiger charge is 2.46. The molecule has 1 amide bonds. The van der Waals surface area contributed by atoms with Gasteiger partial charge in [-0.3, -0.25) is 4.90 Å². The summed E-state index contributed by atoms with van der Waals surface area (Å²) in [5, 5.41) is 27.2. The Labute approximate surface area is 86.4 Å². The Kier molecular flexibility index (Phi) is 3.31. The van der Waals surface area contributed by atoms with Crippen LogP contribution in [0.4, 0.5) is 4.79 Å². The van der Waals surface area contributed by atoms with Gasteiger partial charge in [-0.05, 0) is 6.42 Å². The van der Waals surface area contributed by atoms with E-state index < -0.39 is 30.1 Å². The normalized spacial score (nSPS) is 30.2. The van der Waals surface area contributed by atoms with E-state index in [0.29, 0.717) is 0 Å². The number of rotatable bonds is 3. The minimum Gasteiger partial charge on any atom is -0.480 e. The lowest BCUT2D eigenvalue weighted by atomic mass is 9.94. The number of nitrogens with zero attached hydrogens (tertiary/aromatic N) is 1. The molecule has 0 aromatic heterocycles. The van der Waals surface area contributed by atoms with Crippen molar-refractivity contribution in [3.8, 4) is 0 Å². The molecule has 1 saturated heterocycles. The van der Waals surface area contributed by atoms with Crippen molar-refractivity contribution < 1.29 is 24.9 Å². The summed E-state index contributed by atoms with van der Waals surface area (Å²) < 4.78 is 0. The molecule has 0 aliphatic carbocycles. The molecule has 0 bridgehead atoms. The summed E-state index contributed by atoms with van der Waals surface area (Å²) in [4.78, 5) is 22.4. The van der Waals surface area contributed by atoms with Crippen LogP contribution in [0.25, 0.3) is 0 Å². The Bertz CT molecular complexity index is 290. The average molecular weight is 215 g/mol. The third kappa shape index (κ3) is 2.10. The van der Waals surface area contributed by atoms with E-state index in [0.717, 1.165) is 4.90 Å². The maximum Gasteiger partial charge on any atom is 0.408 e. The summed E-state index contributed by atoms with van der Waals surface area (Å²) in [6.07, 6.45) is -0.509. The number of aliphatic hydroxyl groups excluding tert-OH is 1. The number of amides is 1. The molecule has 1 aliphatic heterocycles. The lowest BCUT2D eigenvalue weighted by Crippen LogP contribution is -2.42. The zero-order valence-electron chi connectivity index (χ0n) is 8.04. The van der Waals surface area contributed by atoms with E-state index in [4.69, 9.17) is 10.2 Å². The molecule has 0 spiro atoms. The van der Waals surface area contributed by atoms with E-state index in [2.05, 4.69) is 6.58 Å². The fourth-order valence-electron chi connectivity index (χ4n) is 1.88. The van der Waals surface area contributed by atoms with Gasteiger partial charge in [-0.15, -0.1) is 6.58 Å². The third-order valence-electron chi connectivity index (χ3n) is 2.56. The topological polar surface area (TPSA) is 98.1 Å². The zero-order chi connectivity index (χ0) is 11.6. The number of hydrogen-bond acceptors (Lipinski definition) is 3. The summed E-state index contributed by atoms with van der Waals surface area (Å²) in [5.74, 6) is -1.85. The quantitative estimate of drug-likeness (QED) is 0.575. The van der Waals surface area contributed by atoms with Crippen LogP contribution in [0.5, 0.6) is 0 Å². The molecule has 1 rings (SSSR count). The van der Waals surface area contributed by atoms with Crippen LogP contribution < -0.4 is 0 Å². The third-order valence-corrected chi connectivity index (χ3v) is 2.56. The zero-order valence-corrected chi connectivity index (χ0v) is 8.04. The van der Waals surface area contributed by atoms with Gasteiger partial charge in [0.1, 0.15) is 6.04 Å². The number of carbonyl (C=O) groups is 2. The molecule has 0 unspecified atom stereocenters. The highest BCUT2D eigenvalue weighted by atomic mass is 16.4. The van der Waals surface area contributed by atoms with E-state index >= 15 is 0 Å². The second-order valence-corrected chi connectivity index (χ2v) is 3.47. The van der Waals surface area contributed by atoms with Crippen LogP contribution >= 0.6 is 0 Å². The Balaban J connectivity index is 2.92. The Morgan fingerprint density at radius 3 is 2.47 bits per heavy atom. The monoisotopic (exact) mass is 215 g/mol. The average Bonchev–Trinajstić information content (AvgIpc) is 2.45. The van der Waals surface area contributed by atoms with Gasteiger partial charge in [0.15, 0.2) is 0 Å². The standard InChI is InChI=1S/C9H13NO5/c1-2-3-5-6(11)4-10(9(14)15)7(5)8(12)13/h2,5-7,11H,1,3-4H2,(H,12,13)(H,14,15)/t5-,6-,7+/m1/s1. The maximum absolute atomic E-state index is 10.9. The second kappa shape index (κ2) is 4.31. The first-order valence-corrected chi connectivity index (χ1v) is 4.50. The van der Waals surface area contributed by atoms with Crippen molar-refractivity contribution in [2.45, 2.75) is 18.6 Å². The number of carboxylic acids is 1. The predicted molar refractivity (Wildman–Crippen MR) is 50.5 cm³/mol. The molecule has 6 nitrogen and oxygen atoms in total. The lowest BCUT2D eigenvalue weighted by Gasteiger charge is -2.20. The summed E-state index contributed by atoms with van der Waals surface area (Å²) in [5.41, 5.74) is 0. The van der Waals surface area contributed by atoms with Crippen molar-refractivity contribution in [3.63, 3.8) is 0 Å². The minimum atomic E-state index is -1.33. The molecule has 1 heterocycles. The minimum absolute atomic E-state index is 0.162. The summed E-state index contributed by atoms with van der Waals surface area (Å²) in [6.45, 7) is 3.29. The molecule has 1 fully saturated rings. The second-order valence-electron chi connectivity index (χ2n) is 3.47. The van der Waals surface area contributed by atoms with Crippen LogP contribution in [-0.2, 0) is 4.79 Å². The van der Waals surface area contributed by atoms with Crippen LogP contribution in [0.1, 0.15) is 6.42 Å². The SMILES string of the molecule is C=CC[C@@H]1[C@H](O)CN(C(=O)O)[C@@H]1C(=O)O. The first-order chi connectivity index (χ1) is 6.99. The fourth-order valence-corrected chi connectivity index (χ4v) is 1.88. The van der Waals surface area contributed by atoms with Gasteiger partial charge >= 0.3 is 12.1 Å². The summed E-state index contributed by atoms with van der Waals surface area (Å²) >= 11 is 0. The number of likely N-dealkylation sites (tertiary alicyclic amines) is 1. The molecule has 1 aliphatic rings. The number of β-amino-alcohol motifs (C(OH)–C–C–N with tert-alkyl or cyclic N) is 1. The van der Waals surface area contributed by atoms with Gasteiger partial charge in [0, 0.05) is 5.92 Å². The van der Waals surface area contributed by atoms with E-state index in [1.807, 2.05) is 0 Å². The predicted octanol–water partition coefficient (Wildman–Crippen LogP) is -0.0136. The van der Waals surface area contributed by atoms with Crippen molar-refractivity contribution in [2.75, 3.05) is 6.54 Å². The smallest absolute Gasteiger partial charge is 0.408 e. The van der Waals surface area contributed by atoms with Crippen molar-refractivity contribution in [1.29, 1.82) is 0 Å². The van der Waals surface area contributed by atoms with Crippen molar-refractivity contribution in [3.05, 3.63) is 12.7 Å². The Morgan fingerprint density at radius 2 is 2.07 bits per heavy atom. The molecule has 84 valence electrons. The van der Waals surface area contributed by atoms with E-state index in [1.54, 1.807) is 0 Å². The molecular weight excluding hydrogens is 202 g/mol. The van der Waals surface area contributed by atoms with Crippen molar-refractivity contribution in [2.24, 2.45) is 5.92 Å². The molecule has 15 heavy (non-hydrogen) atoms. The number of carboxylic acid groups (broad SMARTS) is 2. The van der Waals surface area contributed by atoms with E-state index in [9.17, 15) is 14.7 Å². The van der Waals surface area contributed by atoms with Gasteiger partial charge < -0.3 is 15.3 Å². The molecule has 3 atom stereocenters. The molecule has 3 N–H and O–H groups in total. The number of allylic oxidation sites excluding steroid dienone is 1. The molecule has 6 heteroatoms. The maximum atomic E-state index is 10.9. The summed E-state index contributed by atoms with van der Waals surface area (Å²) in [6, 6.07) is -1.18. The highest BCUT2D eigenvalue weighted by molar-refractivity contribution is 5.80. The number of hydrogen-bond donors (Lipinski definition) is 3. The molecular formula is C9H13NO5. The highest BCUT2D eigenvalue weighted by Crippen LogP contribution is 2.28. The van der Waals surface area contributed by atoms with Gasteiger partial charge in [-0.25, -0.2) is 9.59 Å². The summed E-state index contributed by atoms with van der Waals surface area (Å²) in [7, 11) is 0. The van der Waals surface area contributed by atoms with Gasteiger partial charge in [-0.1, -0.05) is 6.08 Å². The Hall–Kier alpha value is -1.56. The van der Waals surface area contributed by atoms with Crippen LogP contribution in [0.3, 0.4) is 0 Å². The van der Waals surface area contributed by atoms with Crippen molar-refractivity contribution in [1.82, 2.24) is 4.90 Å². The van der Waals surface area contributed by atoms with Crippen LogP contribution in [0, 0.1) is 5.92 Å². The molecule has 0 saturated carbocycles. The van der Waals surface area contributed by atoms with E-state index in [1.165, 1.54) is 6.08 Å². The number of aliphatic hydroxyl groups is 1. The first kappa shape index (κ1) is 11.5. The Morgan fingerprint density at radius 1 is 1.47 bits per heavy atom. The van der Waals surface area contributed by atoms with Gasteiger partial charge in [-0.2, -0.15) is 0 Å². The van der Waals surface area contributed by atoms with Crippen LogP contribution in [-0.4, -0.2) is 51.0 Å². The van der Waals surface area contributed by atoms with Crippen LogP contribution in [0.2, 0.25) is 0 Å². The fraction of sp³-hybridized carbons (Fsp3) is 0.556. The number of aliphatic carboxylic acids is 1. The van der Waals surface area contributed by atoms with E-state index in [-0.39, 0.29) is 13.0 Å². The first-order valence-electron chi connectivity index (χ1n) is 4.50. The van der Waals surface area contributed by atoms with Gasteiger partial charge in [0.05, 0.1) is 12.6 Å². The van der Waals surface area contributed by atoms with Gasteiger partial charge in [0.2, 0.25) is 0 Å². The molecule has 0 aromatic carbocycles. The lowest BCUT2D eigenvalue weighted by molar-refractivity contribution is -0.143. The molecule has 0 aromatic rings. The van der Waals surface area contributed by atoms with Crippen molar-refractivity contribution >= 4 is 12.1 Å². The van der Waals surface area contributed by atoms with Crippen LogP contribution in [0.15, 0.2) is 12.7 Å².